The molecular formula is C15H17Cl3N4O3S. The van der Waals surface area contributed by atoms with E-state index in [0.29, 0.717) is 29.8 Å². The first kappa shape index (κ1) is 21.1. The molecule has 11 heteroatoms. The molecule has 1 aromatic heterocycles. The maximum atomic E-state index is 12.5. The van der Waals surface area contributed by atoms with Crippen molar-refractivity contribution < 1.29 is 9.53 Å². The van der Waals surface area contributed by atoms with Crippen LogP contribution in [0.15, 0.2) is 22.1 Å². The topological polar surface area (TPSA) is 89.0 Å². The van der Waals surface area contributed by atoms with Gasteiger partial charge in [0.15, 0.2) is 5.16 Å². The number of rotatable bonds is 8. The first-order valence-corrected chi connectivity index (χ1v) is 9.61. The molecule has 0 aliphatic rings. The Balaban J connectivity index is 2.07. The zero-order chi connectivity index (χ0) is 19.3. The standard InChI is InChI=1S/C15H17Cl3N4O3S/c1-8(13(23)19-12-10(17)6-9(16)7-11(12)18)26-15-21-20-14(24)22(15)4-3-5-25-2/h6-8H,3-5H2,1-2H3,(H,19,23)(H,20,24). The number of nitrogens with one attached hydrogen (secondary N) is 2. The van der Waals surface area contributed by atoms with Crippen LogP contribution < -0.4 is 11.0 Å². The summed E-state index contributed by atoms with van der Waals surface area (Å²) in [5.74, 6) is -0.333. The van der Waals surface area contributed by atoms with Crippen molar-refractivity contribution in [1.82, 2.24) is 14.8 Å². The molecule has 0 saturated carbocycles. The van der Waals surface area contributed by atoms with Gasteiger partial charge in [0, 0.05) is 25.3 Å². The first-order valence-electron chi connectivity index (χ1n) is 7.59. The van der Waals surface area contributed by atoms with Crippen molar-refractivity contribution in [3.63, 3.8) is 0 Å². The van der Waals surface area contributed by atoms with E-state index in [2.05, 4.69) is 15.5 Å². The second kappa shape index (κ2) is 9.66. The van der Waals surface area contributed by atoms with Gasteiger partial charge in [0.05, 0.1) is 21.0 Å². The summed E-state index contributed by atoms with van der Waals surface area (Å²) < 4.78 is 6.45. The Morgan fingerprint density at radius 1 is 1.38 bits per heavy atom. The molecule has 0 radical (unpaired) electrons. The van der Waals surface area contributed by atoms with Crippen molar-refractivity contribution in [2.75, 3.05) is 19.0 Å². The molecule has 0 saturated heterocycles. The van der Waals surface area contributed by atoms with Crippen LogP contribution in [0.3, 0.4) is 0 Å². The number of carbonyl (C=O) groups is 1. The second-order valence-corrected chi connectivity index (χ2v) is 7.86. The van der Waals surface area contributed by atoms with Gasteiger partial charge in [-0.05, 0) is 25.5 Å². The van der Waals surface area contributed by atoms with Crippen molar-refractivity contribution in [1.29, 1.82) is 0 Å². The Hall–Kier alpha value is -1.19. The molecule has 0 aliphatic heterocycles. The van der Waals surface area contributed by atoms with Crippen molar-refractivity contribution in [3.05, 3.63) is 37.7 Å². The molecule has 2 N–H and O–H groups in total. The summed E-state index contributed by atoms with van der Waals surface area (Å²) in [6.07, 6.45) is 0.653. The molecule has 142 valence electrons. The average molecular weight is 440 g/mol. The van der Waals surface area contributed by atoms with Crippen LogP contribution in [0.5, 0.6) is 0 Å². The zero-order valence-electron chi connectivity index (χ0n) is 14.0. The monoisotopic (exact) mass is 438 g/mol. The van der Waals surface area contributed by atoms with Gasteiger partial charge in [-0.3, -0.25) is 9.36 Å². The molecule has 1 heterocycles. The minimum absolute atomic E-state index is 0.240. The SMILES string of the molecule is COCCCn1c(SC(C)C(=O)Nc2c(Cl)cc(Cl)cc2Cl)n[nH]c1=O. The average Bonchev–Trinajstić information content (AvgIpc) is 2.91. The third-order valence-electron chi connectivity index (χ3n) is 3.36. The van der Waals surface area contributed by atoms with Gasteiger partial charge in [0.2, 0.25) is 5.91 Å². The number of thioether (sulfide) groups is 1. The molecular weight excluding hydrogens is 423 g/mol. The minimum atomic E-state index is -0.547. The van der Waals surface area contributed by atoms with Crippen LogP contribution in [0, 0.1) is 0 Å². The first-order chi connectivity index (χ1) is 12.3. The van der Waals surface area contributed by atoms with Gasteiger partial charge in [0.25, 0.3) is 0 Å². The Morgan fingerprint density at radius 2 is 2.04 bits per heavy atom. The molecule has 1 unspecified atom stereocenters. The molecule has 0 aliphatic carbocycles. The van der Waals surface area contributed by atoms with Crippen LogP contribution in [-0.4, -0.2) is 39.6 Å². The Bertz CT molecular complexity index is 817. The molecule has 26 heavy (non-hydrogen) atoms. The van der Waals surface area contributed by atoms with Crippen LogP contribution in [0.1, 0.15) is 13.3 Å². The summed E-state index contributed by atoms with van der Waals surface area (Å²) in [6.45, 7) is 2.65. The lowest BCUT2D eigenvalue weighted by molar-refractivity contribution is -0.115. The number of halogens is 3. The van der Waals surface area contributed by atoms with Crippen molar-refractivity contribution in [2.45, 2.75) is 30.3 Å². The molecule has 2 aromatic rings. The lowest BCUT2D eigenvalue weighted by atomic mass is 10.3. The van der Waals surface area contributed by atoms with Crippen LogP contribution in [0.4, 0.5) is 5.69 Å². The normalized spacial score (nSPS) is 12.2. The van der Waals surface area contributed by atoms with Gasteiger partial charge in [-0.2, -0.15) is 0 Å². The van der Waals surface area contributed by atoms with Crippen molar-refractivity contribution in [2.24, 2.45) is 0 Å². The summed E-state index contributed by atoms with van der Waals surface area (Å²) in [4.78, 5) is 24.3. The van der Waals surface area contributed by atoms with Gasteiger partial charge in [0.1, 0.15) is 0 Å². The van der Waals surface area contributed by atoms with Crippen LogP contribution in [0.25, 0.3) is 0 Å². The van der Waals surface area contributed by atoms with Crippen LogP contribution >= 0.6 is 46.6 Å². The number of ether oxygens (including phenoxy) is 1. The lowest BCUT2D eigenvalue weighted by Crippen LogP contribution is -2.24. The highest BCUT2D eigenvalue weighted by atomic mass is 35.5. The summed E-state index contributed by atoms with van der Waals surface area (Å²) in [5.41, 5.74) is -0.0466. The quantitative estimate of drug-likeness (QED) is 0.484. The number of benzene rings is 1. The highest BCUT2D eigenvalue weighted by Gasteiger charge is 2.21. The molecule has 2 rings (SSSR count). The molecule has 0 bridgehead atoms. The lowest BCUT2D eigenvalue weighted by Gasteiger charge is -2.14. The predicted molar refractivity (Wildman–Crippen MR) is 105 cm³/mol. The van der Waals surface area contributed by atoms with E-state index in [1.165, 1.54) is 16.7 Å². The van der Waals surface area contributed by atoms with E-state index in [0.717, 1.165) is 11.8 Å². The molecule has 1 aromatic carbocycles. The van der Waals surface area contributed by atoms with E-state index in [-0.39, 0.29) is 27.3 Å². The van der Waals surface area contributed by atoms with Gasteiger partial charge in [-0.1, -0.05) is 46.6 Å². The summed E-state index contributed by atoms with van der Waals surface area (Å²) in [5, 5.41) is 9.76. The maximum absolute atomic E-state index is 12.5. The highest BCUT2D eigenvalue weighted by Crippen LogP contribution is 2.34. The smallest absolute Gasteiger partial charge is 0.343 e. The third-order valence-corrected chi connectivity index (χ3v) is 5.26. The number of hydrogen-bond acceptors (Lipinski definition) is 5. The minimum Gasteiger partial charge on any atom is -0.385 e. The summed E-state index contributed by atoms with van der Waals surface area (Å²) in [6, 6.07) is 2.98. The van der Waals surface area contributed by atoms with Gasteiger partial charge < -0.3 is 10.1 Å². The van der Waals surface area contributed by atoms with E-state index in [9.17, 15) is 9.59 Å². The summed E-state index contributed by atoms with van der Waals surface area (Å²) >= 11 is 19.2. The number of aromatic amines is 1. The van der Waals surface area contributed by atoms with E-state index < -0.39 is 5.25 Å². The molecule has 1 atom stereocenters. The van der Waals surface area contributed by atoms with Crippen molar-refractivity contribution >= 4 is 58.2 Å². The molecule has 1 amide bonds. The van der Waals surface area contributed by atoms with Gasteiger partial charge >= 0.3 is 5.69 Å². The fourth-order valence-corrected chi connectivity index (χ4v) is 3.85. The number of carbonyl (C=O) groups excluding carboxylic acids is 1. The number of anilines is 1. The van der Waals surface area contributed by atoms with Crippen LogP contribution in [0.2, 0.25) is 15.1 Å². The number of H-pyrrole nitrogens is 1. The zero-order valence-corrected chi connectivity index (χ0v) is 17.1. The fourth-order valence-electron chi connectivity index (χ4n) is 2.06. The van der Waals surface area contributed by atoms with Crippen molar-refractivity contribution in [3.8, 4) is 0 Å². The van der Waals surface area contributed by atoms with Gasteiger partial charge in [-0.15, -0.1) is 5.10 Å². The fraction of sp³-hybridized carbons (Fsp3) is 0.400. The largest absolute Gasteiger partial charge is 0.385 e. The third kappa shape index (κ3) is 5.40. The Kier molecular flexibility index (Phi) is 7.85. The van der Waals surface area contributed by atoms with E-state index in [1.807, 2.05) is 0 Å². The van der Waals surface area contributed by atoms with Crippen LogP contribution in [-0.2, 0) is 16.1 Å². The summed E-state index contributed by atoms with van der Waals surface area (Å²) in [7, 11) is 1.59. The Labute approximate surface area is 169 Å². The molecule has 0 spiro atoms. The predicted octanol–water partition coefficient (Wildman–Crippen LogP) is 3.69. The van der Waals surface area contributed by atoms with E-state index in [1.54, 1.807) is 14.0 Å². The molecule has 7 nitrogen and oxygen atoms in total. The number of nitrogens with zero attached hydrogens (tertiary/aromatic N) is 2. The Morgan fingerprint density at radius 3 is 2.65 bits per heavy atom. The number of aromatic nitrogens is 3. The highest BCUT2D eigenvalue weighted by molar-refractivity contribution is 8.00. The number of hydrogen-bond donors (Lipinski definition) is 2. The number of methoxy groups -OCH3 is 1. The van der Waals surface area contributed by atoms with Gasteiger partial charge in [-0.25, -0.2) is 9.89 Å². The molecule has 0 fully saturated rings. The van der Waals surface area contributed by atoms with E-state index in [4.69, 9.17) is 39.5 Å². The number of amides is 1. The maximum Gasteiger partial charge on any atom is 0.343 e. The van der Waals surface area contributed by atoms with E-state index >= 15 is 0 Å². The second-order valence-electron chi connectivity index (χ2n) is 5.30.